The standard InChI is InChI=1S/C15H17N3O3/c1-20-13-4-3-11(8-14(13)21-2)7-12(9-16)10-18-6-5-17-15(18)19/h3-4,8,10H,5-7H2,1-2H3,(H,17,19). The van der Waals surface area contributed by atoms with E-state index in [9.17, 15) is 10.1 Å². The average molecular weight is 287 g/mol. The maximum Gasteiger partial charge on any atom is 0.321 e. The first kappa shape index (κ1) is 14.7. The molecule has 0 aromatic heterocycles. The monoisotopic (exact) mass is 287 g/mol. The lowest BCUT2D eigenvalue weighted by Gasteiger charge is -2.11. The van der Waals surface area contributed by atoms with Crippen molar-refractivity contribution >= 4 is 6.03 Å². The molecule has 1 aliphatic heterocycles. The van der Waals surface area contributed by atoms with Gasteiger partial charge in [-0.15, -0.1) is 0 Å². The van der Waals surface area contributed by atoms with E-state index >= 15 is 0 Å². The summed E-state index contributed by atoms with van der Waals surface area (Å²) in [4.78, 5) is 13.0. The van der Waals surface area contributed by atoms with Crippen LogP contribution in [0.4, 0.5) is 4.79 Å². The number of nitrogens with zero attached hydrogens (tertiary/aromatic N) is 2. The molecule has 1 aliphatic rings. The van der Waals surface area contributed by atoms with E-state index in [1.165, 1.54) is 4.90 Å². The molecule has 1 aromatic carbocycles. The van der Waals surface area contributed by atoms with Crippen LogP contribution in [0.3, 0.4) is 0 Å². The van der Waals surface area contributed by atoms with E-state index in [4.69, 9.17) is 9.47 Å². The zero-order valence-corrected chi connectivity index (χ0v) is 12.0. The van der Waals surface area contributed by atoms with Crippen molar-refractivity contribution in [2.45, 2.75) is 6.42 Å². The van der Waals surface area contributed by atoms with Gasteiger partial charge in [-0.25, -0.2) is 4.79 Å². The molecule has 21 heavy (non-hydrogen) atoms. The fraction of sp³-hybridized carbons (Fsp3) is 0.333. The fourth-order valence-corrected chi connectivity index (χ4v) is 2.12. The third-order valence-corrected chi connectivity index (χ3v) is 3.19. The highest BCUT2D eigenvalue weighted by Gasteiger charge is 2.18. The van der Waals surface area contributed by atoms with Crippen molar-refractivity contribution in [1.82, 2.24) is 10.2 Å². The largest absolute Gasteiger partial charge is 0.493 e. The van der Waals surface area contributed by atoms with Crippen LogP contribution < -0.4 is 14.8 Å². The SMILES string of the molecule is COc1ccc(CC(C#N)=CN2CCNC2=O)cc1OC. The molecule has 1 fully saturated rings. The van der Waals surface area contributed by atoms with Crippen LogP contribution in [0.5, 0.6) is 11.5 Å². The Hall–Kier alpha value is -2.68. The van der Waals surface area contributed by atoms with Crippen LogP contribution >= 0.6 is 0 Å². The van der Waals surface area contributed by atoms with E-state index in [1.807, 2.05) is 12.1 Å². The molecule has 110 valence electrons. The minimum atomic E-state index is -0.171. The number of carbonyl (C=O) groups excluding carboxylic acids is 1. The second kappa shape index (κ2) is 6.66. The number of methoxy groups -OCH3 is 2. The minimum absolute atomic E-state index is 0.171. The molecule has 2 amide bonds. The van der Waals surface area contributed by atoms with Crippen molar-refractivity contribution in [2.24, 2.45) is 0 Å². The first-order chi connectivity index (χ1) is 10.2. The van der Waals surface area contributed by atoms with Gasteiger partial charge in [0.2, 0.25) is 0 Å². The average Bonchev–Trinajstić information content (AvgIpc) is 2.91. The van der Waals surface area contributed by atoms with Crippen LogP contribution in [0.1, 0.15) is 5.56 Å². The Morgan fingerprint density at radius 2 is 2.19 bits per heavy atom. The molecule has 6 heteroatoms. The van der Waals surface area contributed by atoms with Crippen molar-refractivity contribution in [1.29, 1.82) is 5.26 Å². The van der Waals surface area contributed by atoms with Crippen LogP contribution in [0.15, 0.2) is 30.0 Å². The summed E-state index contributed by atoms with van der Waals surface area (Å²) >= 11 is 0. The Balaban J connectivity index is 2.17. The molecule has 0 atom stereocenters. The Morgan fingerprint density at radius 3 is 2.76 bits per heavy atom. The summed E-state index contributed by atoms with van der Waals surface area (Å²) in [5, 5.41) is 11.9. The number of rotatable bonds is 5. The lowest BCUT2D eigenvalue weighted by molar-refractivity contribution is 0.230. The van der Waals surface area contributed by atoms with Gasteiger partial charge in [0.1, 0.15) is 0 Å². The molecule has 2 rings (SSSR count). The first-order valence-electron chi connectivity index (χ1n) is 6.54. The molecule has 0 spiro atoms. The summed E-state index contributed by atoms with van der Waals surface area (Å²) in [5.41, 5.74) is 1.43. The molecule has 0 unspecified atom stereocenters. The lowest BCUT2D eigenvalue weighted by Crippen LogP contribution is -2.23. The predicted molar refractivity (Wildman–Crippen MR) is 77.1 cm³/mol. The molecular formula is C15H17N3O3. The first-order valence-corrected chi connectivity index (χ1v) is 6.54. The zero-order valence-electron chi connectivity index (χ0n) is 12.0. The normalized spacial score (nSPS) is 14.6. The Kier molecular flexibility index (Phi) is 4.67. The second-order valence-corrected chi connectivity index (χ2v) is 4.56. The quantitative estimate of drug-likeness (QED) is 0.836. The molecule has 1 N–H and O–H groups in total. The molecule has 0 bridgehead atoms. The molecule has 1 heterocycles. The van der Waals surface area contributed by atoms with Gasteiger partial charge in [-0.05, 0) is 17.7 Å². The predicted octanol–water partition coefficient (Wildman–Crippen LogP) is 1.68. The van der Waals surface area contributed by atoms with Crippen LogP contribution in [0, 0.1) is 11.3 Å². The summed E-state index contributed by atoms with van der Waals surface area (Å²) in [6, 6.07) is 7.46. The van der Waals surface area contributed by atoms with E-state index in [-0.39, 0.29) is 6.03 Å². The van der Waals surface area contributed by atoms with E-state index < -0.39 is 0 Å². The number of ether oxygens (including phenoxy) is 2. The third-order valence-electron chi connectivity index (χ3n) is 3.19. The van der Waals surface area contributed by atoms with Crippen molar-refractivity contribution < 1.29 is 14.3 Å². The second-order valence-electron chi connectivity index (χ2n) is 4.56. The highest BCUT2D eigenvalue weighted by molar-refractivity contribution is 5.77. The number of nitrogens with one attached hydrogen (secondary N) is 1. The Bertz CT molecular complexity index is 605. The van der Waals surface area contributed by atoms with Gasteiger partial charge in [0.25, 0.3) is 0 Å². The molecule has 0 aliphatic carbocycles. The minimum Gasteiger partial charge on any atom is -0.493 e. The molecular weight excluding hydrogens is 270 g/mol. The van der Waals surface area contributed by atoms with Gasteiger partial charge in [0.05, 0.1) is 25.9 Å². The van der Waals surface area contributed by atoms with Crippen molar-refractivity contribution in [2.75, 3.05) is 27.3 Å². The maximum absolute atomic E-state index is 11.5. The fourth-order valence-electron chi connectivity index (χ4n) is 2.12. The number of amides is 2. The van der Waals surface area contributed by atoms with Crippen LogP contribution in [0.2, 0.25) is 0 Å². The van der Waals surface area contributed by atoms with Crippen LogP contribution in [-0.2, 0) is 6.42 Å². The third kappa shape index (κ3) is 3.45. The van der Waals surface area contributed by atoms with Gasteiger partial charge in [0.15, 0.2) is 11.5 Å². The topological polar surface area (TPSA) is 74.6 Å². The van der Waals surface area contributed by atoms with E-state index in [1.54, 1.807) is 26.5 Å². The van der Waals surface area contributed by atoms with Gasteiger partial charge in [-0.3, -0.25) is 4.90 Å². The van der Waals surface area contributed by atoms with E-state index in [2.05, 4.69) is 11.4 Å². The Labute approximate surface area is 123 Å². The summed E-state index contributed by atoms with van der Waals surface area (Å²) in [7, 11) is 3.14. The summed E-state index contributed by atoms with van der Waals surface area (Å²) in [6.07, 6.45) is 2.03. The summed E-state index contributed by atoms with van der Waals surface area (Å²) in [6.45, 7) is 1.18. The molecule has 1 saturated heterocycles. The Morgan fingerprint density at radius 1 is 1.43 bits per heavy atom. The van der Waals surface area contributed by atoms with Crippen LogP contribution in [0.25, 0.3) is 0 Å². The number of hydrogen-bond acceptors (Lipinski definition) is 4. The summed E-state index contributed by atoms with van der Waals surface area (Å²) < 4.78 is 10.4. The smallest absolute Gasteiger partial charge is 0.321 e. The van der Waals surface area contributed by atoms with Gasteiger partial charge in [-0.2, -0.15) is 5.26 Å². The van der Waals surface area contributed by atoms with Gasteiger partial charge >= 0.3 is 6.03 Å². The van der Waals surface area contributed by atoms with Crippen LogP contribution in [-0.4, -0.2) is 38.2 Å². The number of hydrogen-bond donors (Lipinski definition) is 1. The number of carbonyl (C=O) groups is 1. The van der Waals surface area contributed by atoms with Gasteiger partial charge in [-0.1, -0.05) is 6.07 Å². The van der Waals surface area contributed by atoms with Gasteiger partial charge < -0.3 is 14.8 Å². The van der Waals surface area contributed by atoms with Crippen molar-refractivity contribution in [3.05, 3.63) is 35.5 Å². The number of benzene rings is 1. The van der Waals surface area contributed by atoms with E-state index in [0.717, 1.165) is 5.56 Å². The number of urea groups is 1. The highest BCUT2D eigenvalue weighted by atomic mass is 16.5. The molecule has 1 aromatic rings. The molecule has 0 radical (unpaired) electrons. The van der Waals surface area contributed by atoms with E-state index in [0.29, 0.717) is 36.6 Å². The summed E-state index contributed by atoms with van der Waals surface area (Å²) in [5.74, 6) is 1.26. The maximum atomic E-state index is 11.5. The lowest BCUT2D eigenvalue weighted by atomic mass is 10.1. The zero-order chi connectivity index (χ0) is 15.2. The highest BCUT2D eigenvalue weighted by Crippen LogP contribution is 2.28. The number of nitriles is 1. The number of allylic oxidation sites excluding steroid dienone is 1. The van der Waals surface area contributed by atoms with Gasteiger partial charge in [0, 0.05) is 25.7 Å². The van der Waals surface area contributed by atoms with Crippen molar-refractivity contribution in [3.8, 4) is 17.6 Å². The molecule has 6 nitrogen and oxygen atoms in total. The van der Waals surface area contributed by atoms with Crippen molar-refractivity contribution in [3.63, 3.8) is 0 Å². The molecule has 0 saturated carbocycles.